The van der Waals surface area contributed by atoms with Gasteiger partial charge in [-0.05, 0) is 36.6 Å². The van der Waals surface area contributed by atoms with Crippen LogP contribution in [0.3, 0.4) is 0 Å². The normalized spacial score (nSPS) is 17.2. The van der Waals surface area contributed by atoms with Crippen molar-refractivity contribution in [1.29, 1.82) is 0 Å². The van der Waals surface area contributed by atoms with Gasteiger partial charge in [0, 0.05) is 7.05 Å². The number of phenols is 1. The summed E-state index contributed by atoms with van der Waals surface area (Å²) in [7, 11) is 1.48. The van der Waals surface area contributed by atoms with Gasteiger partial charge in [0.05, 0.1) is 17.3 Å². The molecule has 1 unspecified atom stereocenters. The molecule has 0 aliphatic carbocycles. The lowest BCUT2D eigenvalue weighted by atomic mass is 9.85. The van der Waals surface area contributed by atoms with E-state index in [9.17, 15) is 14.1 Å². The second-order valence-corrected chi connectivity index (χ2v) is 8.73. The zero-order valence-corrected chi connectivity index (χ0v) is 18.3. The zero-order valence-electron chi connectivity index (χ0n) is 17.4. The number of phenolic OH excluding ortho intramolecular Hbond substituents is 1. The third-order valence-corrected chi connectivity index (χ3v) is 5.19. The minimum absolute atomic E-state index is 0.104. The number of benzene rings is 1. The van der Waals surface area contributed by atoms with Gasteiger partial charge in [-0.15, -0.1) is 8.80 Å². The van der Waals surface area contributed by atoms with Gasteiger partial charge in [0.1, 0.15) is 11.5 Å². The highest BCUT2D eigenvalue weighted by atomic mass is 32.2. The molecule has 9 nitrogen and oxygen atoms in total. The summed E-state index contributed by atoms with van der Waals surface area (Å²) in [6.45, 7) is 7.98. The van der Waals surface area contributed by atoms with Gasteiger partial charge < -0.3 is 25.5 Å². The second-order valence-electron chi connectivity index (χ2n) is 7.91. The predicted octanol–water partition coefficient (Wildman–Crippen LogP) is 2.83. The van der Waals surface area contributed by atoms with E-state index in [4.69, 9.17) is 4.42 Å². The number of hydrogen-bond donors (Lipinski definition) is 4. The van der Waals surface area contributed by atoms with Crippen LogP contribution in [0.25, 0.3) is 0 Å². The fourth-order valence-corrected chi connectivity index (χ4v) is 3.61. The molecule has 0 spiro atoms. The van der Waals surface area contributed by atoms with E-state index in [0.717, 1.165) is 5.76 Å². The highest BCUT2D eigenvalue weighted by Crippen LogP contribution is 2.34. The van der Waals surface area contributed by atoms with Crippen LogP contribution in [0.1, 0.15) is 48.7 Å². The molecule has 10 heteroatoms. The van der Waals surface area contributed by atoms with Crippen molar-refractivity contribution in [2.75, 3.05) is 12.4 Å². The van der Waals surface area contributed by atoms with E-state index in [2.05, 4.69) is 24.7 Å². The van der Waals surface area contributed by atoms with Crippen LogP contribution in [-0.2, 0) is 11.2 Å². The van der Waals surface area contributed by atoms with Crippen LogP contribution in [0.4, 0.5) is 5.69 Å². The second kappa shape index (κ2) is 8.31. The first-order valence-corrected chi connectivity index (χ1v) is 10.4. The van der Waals surface area contributed by atoms with Gasteiger partial charge in [-0.2, -0.15) is 0 Å². The van der Waals surface area contributed by atoms with E-state index in [1.165, 1.54) is 13.1 Å². The van der Waals surface area contributed by atoms with Gasteiger partial charge in [-0.25, -0.2) is 4.21 Å². The van der Waals surface area contributed by atoms with E-state index >= 15 is 0 Å². The quantitative estimate of drug-likeness (QED) is 0.551. The molecule has 1 aromatic heterocycles. The van der Waals surface area contributed by atoms with Crippen LogP contribution in [-0.4, -0.2) is 33.9 Å². The van der Waals surface area contributed by atoms with Crippen molar-refractivity contribution in [2.45, 2.75) is 33.7 Å². The number of furan rings is 1. The first-order chi connectivity index (χ1) is 14.1. The number of carbonyl (C=O) groups excluding carboxylic acids is 1. The van der Waals surface area contributed by atoms with Crippen LogP contribution in [0, 0.1) is 12.3 Å². The number of hydrogen-bond acceptors (Lipinski definition) is 6. The van der Waals surface area contributed by atoms with E-state index in [1.807, 2.05) is 39.8 Å². The summed E-state index contributed by atoms with van der Waals surface area (Å²) in [5, 5.41) is 19.1. The molecule has 1 amide bonds. The smallest absolute Gasteiger partial charge is 0.269 e. The van der Waals surface area contributed by atoms with Crippen molar-refractivity contribution in [3.63, 3.8) is 0 Å². The molecule has 2 heterocycles. The van der Waals surface area contributed by atoms with Crippen molar-refractivity contribution in [2.24, 2.45) is 14.2 Å². The molecule has 0 radical (unpaired) electrons. The number of nitrogens with zero attached hydrogens (tertiary/aromatic N) is 2. The molecule has 2 atom stereocenters. The fourth-order valence-electron chi connectivity index (χ4n) is 2.99. The van der Waals surface area contributed by atoms with Crippen LogP contribution < -0.4 is 16.0 Å². The lowest BCUT2D eigenvalue weighted by Crippen LogP contribution is -2.41. The fraction of sp³-hybridized carbons (Fsp3) is 0.350. The largest absolute Gasteiger partial charge is 0.505 e. The van der Waals surface area contributed by atoms with E-state index < -0.39 is 17.1 Å². The summed E-state index contributed by atoms with van der Waals surface area (Å²) in [4.78, 5) is 11.9. The number of aromatic hydroxyl groups is 1. The molecule has 2 aromatic rings. The van der Waals surface area contributed by atoms with Crippen LogP contribution >= 0.6 is 0 Å². The Bertz CT molecular complexity index is 1050. The molecule has 0 bridgehead atoms. The van der Waals surface area contributed by atoms with E-state index in [-0.39, 0.29) is 40.1 Å². The minimum atomic E-state index is -1.81. The molecule has 30 heavy (non-hydrogen) atoms. The van der Waals surface area contributed by atoms with Gasteiger partial charge in [-0.1, -0.05) is 26.8 Å². The Morgan fingerprint density at radius 3 is 2.47 bits per heavy atom. The molecule has 160 valence electrons. The standard InChI is InChI=1S/C20H25N5O4S/c1-11-9-10-14(29-11)16(20(2,3)4)23-18-17(24-30(28)25-18)22-13-8-6-7-12(15(13)26)19(27)21-5/h6-10,16,26H,1-5H3,(H,21,27)(H,22,24)(H,23,25)/t16-,30?/m0/s1. The number of anilines is 1. The first-order valence-electron chi connectivity index (χ1n) is 9.34. The lowest BCUT2D eigenvalue weighted by molar-refractivity contribution is 0.0960. The van der Waals surface area contributed by atoms with Crippen molar-refractivity contribution in [3.05, 3.63) is 47.4 Å². The maximum Gasteiger partial charge on any atom is 0.269 e. The number of nitrogens with one attached hydrogen (secondary N) is 3. The Labute approximate surface area is 177 Å². The molecular weight excluding hydrogens is 406 g/mol. The molecule has 0 saturated heterocycles. The van der Waals surface area contributed by atoms with E-state index in [1.54, 1.807) is 12.1 Å². The number of amides is 1. The molecule has 1 aliphatic heterocycles. The first kappa shape index (κ1) is 21.6. The Morgan fingerprint density at radius 1 is 1.17 bits per heavy atom. The Balaban J connectivity index is 1.89. The Kier molecular flexibility index (Phi) is 5.97. The summed E-state index contributed by atoms with van der Waals surface area (Å²) in [6.07, 6.45) is 0. The number of amidine groups is 2. The Hall–Kier alpha value is -3.14. The van der Waals surface area contributed by atoms with Crippen molar-refractivity contribution in [1.82, 2.24) is 10.6 Å². The highest BCUT2D eigenvalue weighted by molar-refractivity contribution is 7.83. The SMILES string of the molecule is CNC(=O)c1cccc(NC2=NS(=O)N=C2N[C@@H](c2ccc(C)o2)C(C)(C)C)c1O. The summed E-state index contributed by atoms with van der Waals surface area (Å²) in [5.41, 5.74) is 0.0835. The maximum absolute atomic E-state index is 12.0. The molecule has 0 saturated carbocycles. The number of rotatable bonds is 4. The van der Waals surface area contributed by atoms with Gasteiger partial charge in [0.25, 0.3) is 17.1 Å². The average Bonchev–Trinajstić information content (AvgIpc) is 3.24. The monoisotopic (exact) mass is 431 g/mol. The predicted molar refractivity (Wildman–Crippen MR) is 117 cm³/mol. The van der Waals surface area contributed by atoms with Gasteiger partial charge in [0.2, 0.25) is 0 Å². The third kappa shape index (κ3) is 4.54. The number of aryl methyl sites for hydroxylation is 1. The maximum atomic E-state index is 12.0. The Morgan fingerprint density at radius 2 is 1.87 bits per heavy atom. The topological polar surface area (TPSA) is 128 Å². The summed E-state index contributed by atoms with van der Waals surface area (Å²) in [6, 6.07) is 8.18. The molecule has 0 fully saturated rings. The number of carbonyl (C=O) groups is 1. The van der Waals surface area contributed by atoms with Crippen LogP contribution in [0.5, 0.6) is 5.75 Å². The molecule has 1 aliphatic rings. The molecule has 3 rings (SSSR count). The van der Waals surface area contributed by atoms with Crippen molar-refractivity contribution >= 4 is 34.4 Å². The zero-order chi connectivity index (χ0) is 22.1. The lowest BCUT2D eigenvalue weighted by Gasteiger charge is -2.30. The summed E-state index contributed by atoms with van der Waals surface area (Å²) < 4.78 is 25.9. The van der Waals surface area contributed by atoms with Gasteiger partial charge >= 0.3 is 0 Å². The molecular formula is C20H25N5O4S. The van der Waals surface area contributed by atoms with Gasteiger partial charge in [-0.3, -0.25) is 4.79 Å². The molecule has 1 aromatic carbocycles. The van der Waals surface area contributed by atoms with Crippen LogP contribution in [0.2, 0.25) is 0 Å². The molecule has 4 N–H and O–H groups in total. The van der Waals surface area contributed by atoms with E-state index in [0.29, 0.717) is 5.76 Å². The summed E-state index contributed by atoms with van der Waals surface area (Å²) in [5.74, 6) is 1.28. The third-order valence-electron chi connectivity index (χ3n) is 4.52. The van der Waals surface area contributed by atoms with Crippen LogP contribution in [0.15, 0.2) is 43.5 Å². The van der Waals surface area contributed by atoms with Crippen molar-refractivity contribution in [3.8, 4) is 5.75 Å². The van der Waals surface area contributed by atoms with Gasteiger partial charge in [0.15, 0.2) is 17.4 Å². The minimum Gasteiger partial charge on any atom is -0.505 e. The average molecular weight is 432 g/mol. The summed E-state index contributed by atoms with van der Waals surface area (Å²) >= 11 is -1.81. The van der Waals surface area contributed by atoms with Crippen molar-refractivity contribution < 1.29 is 18.5 Å². The number of para-hydroxylation sites is 1. The highest BCUT2D eigenvalue weighted by Gasteiger charge is 2.33.